The first-order chi connectivity index (χ1) is 5.33. The zero-order valence-corrected chi connectivity index (χ0v) is 8.58. The van der Waals surface area contributed by atoms with Gasteiger partial charge in [0.2, 0.25) is 0 Å². The largest absolute Gasteiger partial charge is 0.335 e. The molecule has 0 fully saturated rings. The smallest absolute Gasteiger partial charge is 0.326 e. The van der Waals surface area contributed by atoms with Crippen LogP contribution in [-0.2, 0) is 13.4 Å². The molecule has 72 valence electrons. The van der Waals surface area contributed by atoms with Crippen LogP contribution in [0.25, 0.3) is 0 Å². The summed E-state index contributed by atoms with van der Waals surface area (Å²) in [6.45, 7) is 5.21. The molecule has 0 amide bonds. The summed E-state index contributed by atoms with van der Waals surface area (Å²) in [5.41, 5.74) is 0.727. The van der Waals surface area contributed by atoms with Crippen molar-refractivity contribution in [3.8, 4) is 0 Å². The monoisotopic (exact) mass is 214 g/mol. The van der Waals surface area contributed by atoms with Crippen molar-refractivity contribution in [1.82, 2.24) is 0 Å². The molecular formula is C5H12O5P2. The van der Waals surface area contributed by atoms with Gasteiger partial charge in [-0.25, -0.2) is 4.31 Å². The minimum absolute atomic E-state index is 0.167. The van der Waals surface area contributed by atoms with Crippen LogP contribution in [0.4, 0.5) is 0 Å². The Kier molecular flexibility index (Phi) is 4.98. The molecule has 0 aliphatic rings. The summed E-state index contributed by atoms with van der Waals surface area (Å²) in [7, 11) is -7.21. The molecule has 0 heterocycles. The van der Waals surface area contributed by atoms with Crippen LogP contribution < -0.4 is 0 Å². The summed E-state index contributed by atoms with van der Waals surface area (Å²) in [5.74, 6) is 0. The van der Waals surface area contributed by atoms with E-state index in [9.17, 15) is 9.13 Å². The van der Waals surface area contributed by atoms with E-state index in [2.05, 4.69) is 10.9 Å². The molecule has 0 saturated heterocycles. The predicted molar refractivity (Wildman–Crippen MR) is 46.4 cm³/mol. The van der Waals surface area contributed by atoms with Gasteiger partial charge in [-0.1, -0.05) is 5.57 Å². The van der Waals surface area contributed by atoms with Gasteiger partial charge in [-0.05, 0) is 13.3 Å². The SMILES string of the molecule is C=C(C)CCP(=O)(O)O[PH](=O)O. The second-order valence-electron chi connectivity index (χ2n) is 2.43. The third-order valence-corrected chi connectivity index (χ3v) is 3.60. The normalized spacial score (nSPS) is 18.2. The molecule has 0 aromatic rings. The quantitative estimate of drug-likeness (QED) is 0.535. The summed E-state index contributed by atoms with van der Waals surface area (Å²) in [6, 6.07) is 0. The average molecular weight is 214 g/mol. The predicted octanol–water partition coefficient (Wildman–Crippen LogP) is 1.54. The maximum atomic E-state index is 10.9. The van der Waals surface area contributed by atoms with Gasteiger partial charge in [0.15, 0.2) is 0 Å². The van der Waals surface area contributed by atoms with Crippen LogP contribution in [-0.4, -0.2) is 15.9 Å². The van der Waals surface area contributed by atoms with Gasteiger partial charge in [-0.3, -0.25) is 9.13 Å². The van der Waals surface area contributed by atoms with E-state index in [1.54, 1.807) is 6.92 Å². The van der Waals surface area contributed by atoms with Crippen LogP contribution in [0, 0.1) is 0 Å². The van der Waals surface area contributed by atoms with Gasteiger partial charge in [0, 0.05) is 0 Å². The highest BCUT2D eigenvalue weighted by Crippen LogP contribution is 2.50. The Bertz CT molecular complexity index is 236. The molecule has 0 bridgehead atoms. The first kappa shape index (κ1) is 12.1. The first-order valence-corrected chi connectivity index (χ1v) is 6.25. The van der Waals surface area contributed by atoms with Gasteiger partial charge in [-0.2, -0.15) is 0 Å². The minimum Gasteiger partial charge on any atom is -0.326 e. The van der Waals surface area contributed by atoms with Crippen LogP contribution in [0.5, 0.6) is 0 Å². The van der Waals surface area contributed by atoms with Crippen LogP contribution in [0.1, 0.15) is 13.3 Å². The molecular weight excluding hydrogens is 202 g/mol. The van der Waals surface area contributed by atoms with Crippen LogP contribution >= 0.6 is 15.9 Å². The number of allylic oxidation sites excluding steroid dienone is 1. The fourth-order valence-corrected chi connectivity index (χ4v) is 2.51. The van der Waals surface area contributed by atoms with Crippen molar-refractivity contribution in [2.45, 2.75) is 13.3 Å². The van der Waals surface area contributed by atoms with Crippen molar-refractivity contribution >= 4 is 15.9 Å². The molecule has 2 atom stereocenters. The highest BCUT2D eigenvalue weighted by Gasteiger charge is 2.20. The van der Waals surface area contributed by atoms with Gasteiger partial charge in [0.1, 0.15) is 0 Å². The highest BCUT2D eigenvalue weighted by atomic mass is 31.2. The Morgan fingerprint density at radius 1 is 1.75 bits per heavy atom. The van der Waals surface area contributed by atoms with E-state index >= 15 is 0 Å². The Balaban J connectivity index is 3.96. The van der Waals surface area contributed by atoms with Crippen LogP contribution in [0.15, 0.2) is 12.2 Å². The van der Waals surface area contributed by atoms with E-state index < -0.39 is 15.9 Å². The molecule has 0 aliphatic carbocycles. The van der Waals surface area contributed by atoms with Crippen molar-refractivity contribution in [3.05, 3.63) is 12.2 Å². The summed E-state index contributed by atoms with van der Waals surface area (Å²) in [4.78, 5) is 17.1. The molecule has 0 aromatic heterocycles. The lowest BCUT2D eigenvalue weighted by Crippen LogP contribution is -1.90. The zero-order chi connectivity index (χ0) is 9.78. The third-order valence-electron chi connectivity index (χ3n) is 1.04. The van der Waals surface area contributed by atoms with E-state index in [-0.39, 0.29) is 6.16 Å². The van der Waals surface area contributed by atoms with Gasteiger partial charge in [0.25, 0.3) is 0 Å². The van der Waals surface area contributed by atoms with Gasteiger partial charge in [0.05, 0.1) is 6.16 Å². The van der Waals surface area contributed by atoms with Crippen molar-refractivity contribution in [2.24, 2.45) is 0 Å². The van der Waals surface area contributed by atoms with Crippen LogP contribution in [0.3, 0.4) is 0 Å². The standard InChI is InChI=1S/C5H12O5P2/c1-5(2)3-4-12(8,9)10-11(6)7/h11H,1,3-4H2,2H3,(H,6,7)(H,8,9). The lowest BCUT2D eigenvalue weighted by Gasteiger charge is -2.08. The van der Waals surface area contributed by atoms with E-state index in [1.165, 1.54) is 0 Å². The molecule has 0 aliphatic heterocycles. The van der Waals surface area contributed by atoms with Crippen molar-refractivity contribution in [2.75, 3.05) is 6.16 Å². The number of hydrogen-bond acceptors (Lipinski definition) is 3. The Morgan fingerprint density at radius 2 is 2.25 bits per heavy atom. The Morgan fingerprint density at radius 3 is 2.58 bits per heavy atom. The fourth-order valence-electron chi connectivity index (χ4n) is 0.500. The molecule has 7 heteroatoms. The fraction of sp³-hybridized carbons (Fsp3) is 0.600. The second kappa shape index (κ2) is 4.95. The maximum absolute atomic E-state index is 10.9. The average Bonchev–Trinajstić information content (AvgIpc) is 1.81. The number of hydrogen-bond donors (Lipinski definition) is 2. The van der Waals surface area contributed by atoms with E-state index in [0.29, 0.717) is 6.42 Å². The number of rotatable bonds is 5. The van der Waals surface area contributed by atoms with Gasteiger partial charge in [-0.15, -0.1) is 6.58 Å². The van der Waals surface area contributed by atoms with Crippen molar-refractivity contribution in [1.29, 1.82) is 0 Å². The molecule has 2 unspecified atom stereocenters. The van der Waals surface area contributed by atoms with Gasteiger partial charge < -0.3 is 9.79 Å². The third kappa shape index (κ3) is 6.77. The van der Waals surface area contributed by atoms with E-state index in [4.69, 9.17) is 9.79 Å². The molecule has 0 spiro atoms. The minimum atomic E-state index is -3.88. The maximum Gasteiger partial charge on any atom is 0.335 e. The Labute approximate surface area is 71.6 Å². The molecule has 0 rings (SSSR count). The van der Waals surface area contributed by atoms with Gasteiger partial charge >= 0.3 is 15.9 Å². The lowest BCUT2D eigenvalue weighted by molar-refractivity contribution is 0.350. The van der Waals surface area contributed by atoms with Crippen molar-refractivity contribution in [3.63, 3.8) is 0 Å². The van der Waals surface area contributed by atoms with Crippen molar-refractivity contribution < 1.29 is 23.2 Å². The highest BCUT2D eigenvalue weighted by molar-refractivity contribution is 7.59. The lowest BCUT2D eigenvalue weighted by atomic mass is 10.3. The molecule has 5 nitrogen and oxygen atoms in total. The summed E-state index contributed by atoms with van der Waals surface area (Å²) >= 11 is 0. The van der Waals surface area contributed by atoms with E-state index in [1.807, 2.05) is 0 Å². The first-order valence-electron chi connectivity index (χ1n) is 3.22. The topological polar surface area (TPSA) is 83.8 Å². The zero-order valence-electron chi connectivity index (χ0n) is 6.69. The molecule has 0 saturated carbocycles. The molecule has 2 N–H and O–H groups in total. The second-order valence-corrected chi connectivity index (χ2v) is 5.41. The van der Waals surface area contributed by atoms with Crippen LogP contribution in [0.2, 0.25) is 0 Å². The summed E-state index contributed by atoms with van der Waals surface area (Å²) in [5, 5.41) is 0. The summed E-state index contributed by atoms with van der Waals surface area (Å²) in [6.07, 6.45) is 0.141. The van der Waals surface area contributed by atoms with E-state index in [0.717, 1.165) is 5.57 Å². The Hall–Kier alpha value is 0.0800. The molecule has 0 radical (unpaired) electrons. The molecule has 12 heavy (non-hydrogen) atoms. The summed E-state index contributed by atoms with van der Waals surface area (Å²) < 4.78 is 24.9. The molecule has 0 aromatic carbocycles.